The van der Waals surface area contributed by atoms with Crippen molar-refractivity contribution in [2.24, 2.45) is 0 Å². The molecule has 4 aromatic carbocycles. The molecule has 152 valence electrons. The smallest absolute Gasteiger partial charge is 1.00 e. The van der Waals surface area contributed by atoms with Crippen LogP contribution in [0.1, 0.15) is 22.4 Å². The third-order valence-corrected chi connectivity index (χ3v) is 5.60. The predicted octanol–water partition coefficient (Wildman–Crippen LogP) is 1.15. The van der Waals surface area contributed by atoms with Gasteiger partial charge in [-0.3, -0.25) is 0 Å². The number of nitrogens with zero attached hydrogens (tertiary/aromatic N) is 1. The molecule has 30 heavy (non-hydrogen) atoms. The number of halogens is 2. The normalized spacial score (nSPS) is 9.87. The fraction of sp³-hybridized carbons (Fsp3) is 0.154. The van der Waals surface area contributed by atoms with Gasteiger partial charge in [0, 0.05) is 11.1 Å². The summed E-state index contributed by atoms with van der Waals surface area (Å²) in [5.74, 6) is 0. The second-order valence-corrected chi connectivity index (χ2v) is 7.30. The molecule has 0 spiro atoms. The zero-order chi connectivity index (χ0) is 19.0. The molecule has 5 rings (SSSR count). The minimum absolute atomic E-state index is 0. The van der Waals surface area contributed by atoms with E-state index in [0.29, 0.717) is 0 Å². The van der Waals surface area contributed by atoms with Gasteiger partial charge in [0.05, 0.1) is 5.52 Å². The van der Waals surface area contributed by atoms with E-state index < -0.39 is 0 Å². The van der Waals surface area contributed by atoms with Crippen molar-refractivity contribution in [3.63, 3.8) is 0 Å². The van der Waals surface area contributed by atoms with E-state index in [1.54, 1.807) is 0 Å². The summed E-state index contributed by atoms with van der Waals surface area (Å²) in [6.45, 7) is 8.65. The maximum absolute atomic E-state index is 2.37. The summed E-state index contributed by atoms with van der Waals surface area (Å²) >= 11 is 0. The monoisotopic (exact) mass is 599 g/mol. The van der Waals surface area contributed by atoms with Gasteiger partial charge in [0.2, 0.25) is 0 Å². The van der Waals surface area contributed by atoms with Gasteiger partial charge >= 0.3 is 26.2 Å². The number of hydrogen-bond acceptors (Lipinski definition) is 0. The number of para-hydroxylation sites is 1. The average molecular weight is 603 g/mol. The summed E-state index contributed by atoms with van der Waals surface area (Å²) in [5.41, 5.74) is 8.01. The topological polar surface area (TPSA) is 4.93 Å². The number of rotatable bonds is 1. The van der Waals surface area contributed by atoms with Crippen LogP contribution in [-0.4, -0.2) is 4.57 Å². The fourth-order valence-corrected chi connectivity index (χ4v) is 3.72. The summed E-state index contributed by atoms with van der Waals surface area (Å²) in [7, 11) is 0. The zero-order valence-corrected chi connectivity index (χ0v) is 23.3. The van der Waals surface area contributed by atoms with Gasteiger partial charge in [-0.1, -0.05) is 38.1 Å². The van der Waals surface area contributed by atoms with E-state index in [1.807, 2.05) is 0 Å². The largest absolute Gasteiger partial charge is 4.00 e. The Morgan fingerprint density at radius 2 is 1.50 bits per heavy atom. The van der Waals surface area contributed by atoms with E-state index in [1.165, 1.54) is 49.7 Å². The van der Waals surface area contributed by atoms with Crippen LogP contribution in [0.4, 0.5) is 0 Å². The Hall–Kier alpha value is -1.22. The van der Waals surface area contributed by atoms with Gasteiger partial charge in [-0.15, -0.1) is 41.1 Å². The number of aromatic nitrogens is 1. The van der Waals surface area contributed by atoms with Crippen molar-refractivity contribution in [2.75, 3.05) is 0 Å². The average Bonchev–Trinajstić information content (AvgIpc) is 3.34. The van der Waals surface area contributed by atoms with Crippen LogP contribution in [0.15, 0.2) is 78.9 Å². The van der Waals surface area contributed by atoms with Crippen LogP contribution >= 0.6 is 0 Å². The number of fused-ring (bicyclic) bond motifs is 2. The van der Waals surface area contributed by atoms with Crippen molar-refractivity contribution < 1.29 is 60.2 Å². The molecule has 0 unspecified atom stereocenters. The van der Waals surface area contributed by atoms with Gasteiger partial charge in [-0.25, -0.2) is 12.1 Å². The van der Waals surface area contributed by atoms with Gasteiger partial charge < -0.3 is 38.5 Å². The molecule has 5 aromatic rings. The molecule has 4 heteroatoms. The van der Waals surface area contributed by atoms with Gasteiger partial charge in [0.25, 0.3) is 0 Å². The van der Waals surface area contributed by atoms with E-state index >= 15 is 0 Å². The van der Waals surface area contributed by atoms with E-state index in [2.05, 4.69) is 111 Å². The molecule has 0 saturated heterocycles. The van der Waals surface area contributed by atoms with Crippen LogP contribution in [0.2, 0.25) is 0 Å². The Bertz CT molecular complexity index is 1180. The molecular weight excluding hydrogens is 577 g/mol. The molecule has 0 bridgehead atoms. The van der Waals surface area contributed by atoms with Crippen molar-refractivity contribution in [1.82, 2.24) is 4.57 Å². The summed E-state index contributed by atoms with van der Waals surface area (Å²) < 4.78 is 2.37. The third kappa shape index (κ3) is 5.15. The molecule has 1 heterocycles. The van der Waals surface area contributed by atoms with Crippen LogP contribution < -0.4 is 34.0 Å². The zero-order valence-electron chi connectivity index (χ0n) is 17.7. The Balaban J connectivity index is 0.000000391. The first kappa shape index (κ1) is 26.8. The Labute approximate surface area is 219 Å². The van der Waals surface area contributed by atoms with E-state index in [0.717, 1.165) is 0 Å². The molecule has 0 aliphatic heterocycles. The predicted molar refractivity (Wildman–Crippen MR) is 117 cm³/mol. The van der Waals surface area contributed by atoms with Crippen LogP contribution in [0.3, 0.4) is 0 Å². The van der Waals surface area contributed by atoms with Gasteiger partial charge in [0.1, 0.15) is 0 Å². The van der Waals surface area contributed by atoms with Crippen LogP contribution in [-0.2, 0) is 26.2 Å². The van der Waals surface area contributed by atoms with Crippen molar-refractivity contribution in [1.29, 1.82) is 0 Å². The second kappa shape index (κ2) is 11.4. The van der Waals surface area contributed by atoms with Crippen LogP contribution in [0.25, 0.3) is 27.4 Å². The first-order chi connectivity index (χ1) is 13.1. The Morgan fingerprint density at radius 3 is 2.10 bits per heavy atom. The minimum atomic E-state index is 0. The SMILES string of the molecule is Cc1c(C)n(-c2cc3ccccc3[cH-]2)c2ccccc12.Cc1ccc[c-]1C.[Br-].[Br-].[Zr+4]. The molecule has 0 radical (unpaired) electrons. The maximum atomic E-state index is 2.37. The van der Waals surface area contributed by atoms with E-state index in [9.17, 15) is 0 Å². The molecular formula is C26H25Br2NZr. The summed E-state index contributed by atoms with van der Waals surface area (Å²) in [6.07, 6.45) is 0. The van der Waals surface area contributed by atoms with Crippen LogP contribution in [0.5, 0.6) is 0 Å². The van der Waals surface area contributed by atoms with Crippen LogP contribution in [0, 0.1) is 27.7 Å². The van der Waals surface area contributed by atoms with Crippen molar-refractivity contribution in [3.05, 3.63) is 101 Å². The van der Waals surface area contributed by atoms with Gasteiger partial charge in [-0.05, 0) is 31.2 Å². The molecule has 0 saturated carbocycles. The Kier molecular flexibility index (Phi) is 10.2. The van der Waals surface area contributed by atoms with Crippen molar-refractivity contribution >= 4 is 21.7 Å². The molecule has 0 amide bonds. The third-order valence-electron chi connectivity index (χ3n) is 5.60. The standard InChI is InChI=1S/C19H16N.C7H9.2BrH.Zr/c1-13-14(2)20(19-10-6-5-9-18(13)19)17-11-15-7-3-4-8-16(15)12-17;1-6-4-3-5-7(6)2;;;/h3-12H,1-2H3;3-5H,1-2H3;2*1H;/q2*-1;;;+4/p-2. The van der Waals surface area contributed by atoms with Gasteiger partial charge in [0.15, 0.2) is 0 Å². The molecule has 0 aliphatic rings. The second-order valence-electron chi connectivity index (χ2n) is 7.30. The quantitative estimate of drug-likeness (QED) is 0.254. The Morgan fingerprint density at radius 1 is 0.833 bits per heavy atom. The summed E-state index contributed by atoms with van der Waals surface area (Å²) in [6, 6.07) is 28.0. The minimum Gasteiger partial charge on any atom is -1.00 e. The molecule has 0 atom stereocenters. The van der Waals surface area contributed by atoms with Crippen molar-refractivity contribution in [2.45, 2.75) is 27.7 Å². The van der Waals surface area contributed by atoms with E-state index in [-0.39, 0.29) is 60.2 Å². The van der Waals surface area contributed by atoms with Crippen molar-refractivity contribution in [3.8, 4) is 5.69 Å². The maximum Gasteiger partial charge on any atom is 4.00 e. The fourth-order valence-electron chi connectivity index (χ4n) is 3.72. The molecule has 0 aliphatic carbocycles. The number of benzene rings is 2. The van der Waals surface area contributed by atoms with Gasteiger partial charge in [-0.2, -0.15) is 17.2 Å². The summed E-state index contributed by atoms with van der Waals surface area (Å²) in [5, 5.41) is 3.95. The molecule has 0 N–H and O–H groups in total. The number of hydrogen-bond donors (Lipinski definition) is 0. The van der Waals surface area contributed by atoms with E-state index in [4.69, 9.17) is 0 Å². The summed E-state index contributed by atoms with van der Waals surface area (Å²) in [4.78, 5) is 0. The molecule has 1 aromatic heterocycles. The first-order valence-corrected chi connectivity index (χ1v) is 9.47. The first-order valence-electron chi connectivity index (χ1n) is 9.47. The molecule has 1 nitrogen and oxygen atoms in total. The number of aryl methyl sites for hydroxylation is 3. The molecule has 0 fully saturated rings.